The van der Waals surface area contributed by atoms with Crippen molar-refractivity contribution in [3.05, 3.63) is 57.8 Å². The first kappa shape index (κ1) is 16.5. The maximum absolute atomic E-state index is 12.3. The van der Waals surface area contributed by atoms with Crippen LogP contribution in [0.1, 0.15) is 17.9 Å². The van der Waals surface area contributed by atoms with Gasteiger partial charge in [-0.25, -0.2) is 4.98 Å². The lowest BCUT2D eigenvalue weighted by Crippen LogP contribution is -2.26. The predicted octanol–water partition coefficient (Wildman–Crippen LogP) is 1.44. The molecule has 0 unspecified atom stereocenters. The van der Waals surface area contributed by atoms with Crippen molar-refractivity contribution >= 4 is 28.2 Å². The number of aromatic nitrogens is 2. The standard InChI is InChI=1S/C17H15N3O5S/c21-14-6-11(8-19(14)9-13-2-1-4-24-13)16(23)25-10-12-7-15(22)20-3-5-26-17(20)18-12/h1-5,7,11H,6,8-10H2/t11-/m1/s1. The van der Waals surface area contributed by atoms with Gasteiger partial charge in [0.25, 0.3) is 5.56 Å². The number of amides is 1. The first-order valence-corrected chi connectivity index (χ1v) is 8.91. The van der Waals surface area contributed by atoms with Gasteiger partial charge in [-0.1, -0.05) is 0 Å². The molecule has 134 valence electrons. The molecule has 1 fully saturated rings. The van der Waals surface area contributed by atoms with Crippen LogP contribution >= 0.6 is 11.3 Å². The first-order valence-electron chi connectivity index (χ1n) is 8.03. The highest BCUT2D eigenvalue weighted by molar-refractivity contribution is 7.15. The molecule has 1 atom stereocenters. The van der Waals surface area contributed by atoms with Gasteiger partial charge in [-0.15, -0.1) is 11.3 Å². The Labute approximate surface area is 151 Å². The number of likely N-dealkylation sites (tertiary alicyclic amines) is 1. The van der Waals surface area contributed by atoms with Crippen molar-refractivity contribution in [2.75, 3.05) is 6.54 Å². The van der Waals surface area contributed by atoms with Crippen LogP contribution in [0.3, 0.4) is 0 Å². The highest BCUT2D eigenvalue weighted by Gasteiger charge is 2.35. The maximum Gasteiger partial charge on any atom is 0.311 e. The molecule has 9 heteroatoms. The number of carbonyl (C=O) groups excluding carboxylic acids is 2. The third kappa shape index (κ3) is 3.25. The van der Waals surface area contributed by atoms with Crippen LogP contribution in [-0.2, 0) is 27.5 Å². The zero-order valence-electron chi connectivity index (χ0n) is 13.7. The number of carbonyl (C=O) groups is 2. The zero-order valence-corrected chi connectivity index (χ0v) is 14.5. The molecule has 3 aromatic heterocycles. The van der Waals surface area contributed by atoms with Crippen LogP contribution in [0, 0.1) is 5.92 Å². The molecule has 0 spiro atoms. The van der Waals surface area contributed by atoms with Crippen LogP contribution in [0.25, 0.3) is 4.96 Å². The van der Waals surface area contributed by atoms with E-state index in [2.05, 4.69) is 4.98 Å². The molecule has 1 amide bonds. The molecular weight excluding hydrogens is 358 g/mol. The number of hydrogen-bond acceptors (Lipinski definition) is 7. The van der Waals surface area contributed by atoms with Crippen LogP contribution in [0.15, 0.2) is 45.3 Å². The molecule has 1 saturated heterocycles. The number of esters is 1. The average molecular weight is 373 g/mol. The Balaban J connectivity index is 1.37. The quantitative estimate of drug-likeness (QED) is 0.628. The predicted molar refractivity (Wildman–Crippen MR) is 91.4 cm³/mol. The molecule has 1 aliphatic rings. The van der Waals surface area contributed by atoms with Crippen molar-refractivity contribution in [1.29, 1.82) is 0 Å². The minimum atomic E-state index is -0.524. The van der Waals surface area contributed by atoms with Gasteiger partial charge < -0.3 is 14.1 Å². The summed E-state index contributed by atoms with van der Waals surface area (Å²) in [6.45, 7) is 0.534. The number of fused-ring (bicyclic) bond motifs is 1. The lowest BCUT2D eigenvalue weighted by molar-refractivity contribution is -0.149. The summed E-state index contributed by atoms with van der Waals surface area (Å²) in [7, 11) is 0. The van der Waals surface area contributed by atoms with Gasteiger partial charge in [0.05, 0.1) is 24.4 Å². The summed E-state index contributed by atoms with van der Waals surface area (Å²) < 4.78 is 11.9. The summed E-state index contributed by atoms with van der Waals surface area (Å²) in [5.74, 6) is -0.432. The van der Waals surface area contributed by atoms with Crippen molar-refractivity contribution in [3.8, 4) is 0 Å². The number of hydrogen-bond donors (Lipinski definition) is 0. The molecule has 0 aliphatic carbocycles. The molecule has 3 aromatic rings. The van der Waals surface area contributed by atoms with Crippen molar-refractivity contribution < 1.29 is 18.7 Å². The molecule has 4 rings (SSSR count). The van der Waals surface area contributed by atoms with E-state index in [1.165, 1.54) is 21.8 Å². The SMILES string of the molecule is O=C(OCc1cc(=O)n2ccsc2n1)[C@@H]1CC(=O)N(Cc2ccco2)C1. The lowest BCUT2D eigenvalue weighted by atomic mass is 10.1. The third-order valence-corrected chi connectivity index (χ3v) is 4.95. The van der Waals surface area contributed by atoms with E-state index < -0.39 is 11.9 Å². The van der Waals surface area contributed by atoms with Crippen LogP contribution < -0.4 is 5.56 Å². The van der Waals surface area contributed by atoms with Gasteiger partial charge in [0.1, 0.15) is 12.4 Å². The third-order valence-electron chi connectivity index (χ3n) is 4.19. The summed E-state index contributed by atoms with van der Waals surface area (Å²) >= 11 is 1.33. The van der Waals surface area contributed by atoms with E-state index in [9.17, 15) is 14.4 Å². The Kier molecular flexibility index (Phi) is 4.29. The molecule has 0 N–H and O–H groups in total. The van der Waals surface area contributed by atoms with Crippen molar-refractivity contribution in [3.63, 3.8) is 0 Å². The number of rotatable bonds is 5. The fourth-order valence-electron chi connectivity index (χ4n) is 2.90. The van der Waals surface area contributed by atoms with E-state index in [0.29, 0.717) is 29.5 Å². The molecule has 4 heterocycles. The van der Waals surface area contributed by atoms with E-state index in [4.69, 9.17) is 9.15 Å². The Hall–Kier alpha value is -2.94. The van der Waals surface area contributed by atoms with Gasteiger partial charge >= 0.3 is 5.97 Å². The van der Waals surface area contributed by atoms with E-state index >= 15 is 0 Å². The Morgan fingerprint density at radius 1 is 1.42 bits per heavy atom. The van der Waals surface area contributed by atoms with Gasteiger partial charge in [0.2, 0.25) is 5.91 Å². The second-order valence-electron chi connectivity index (χ2n) is 6.00. The molecule has 0 radical (unpaired) electrons. The molecule has 0 saturated carbocycles. The lowest BCUT2D eigenvalue weighted by Gasteiger charge is -2.14. The van der Waals surface area contributed by atoms with Gasteiger partial charge in [0.15, 0.2) is 4.96 Å². The Morgan fingerprint density at radius 2 is 2.31 bits per heavy atom. The van der Waals surface area contributed by atoms with Crippen molar-refractivity contribution in [1.82, 2.24) is 14.3 Å². The highest BCUT2D eigenvalue weighted by Crippen LogP contribution is 2.22. The number of furan rings is 1. The minimum absolute atomic E-state index is 0.0919. The average Bonchev–Trinajstić information content (AvgIpc) is 3.35. The number of thiazole rings is 1. The topological polar surface area (TPSA) is 94.1 Å². The second kappa shape index (κ2) is 6.75. The van der Waals surface area contributed by atoms with Crippen molar-refractivity contribution in [2.45, 2.75) is 19.6 Å². The van der Waals surface area contributed by atoms with Crippen LogP contribution in [-0.4, -0.2) is 32.7 Å². The fourth-order valence-corrected chi connectivity index (χ4v) is 3.64. The minimum Gasteiger partial charge on any atom is -0.467 e. The maximum atomic E-state index is 12.3. The summed E-state index contributed by atoms with van der Waals surface area (Å²) in [4.78, 5) is 42.7. The summed E-state index contributed by atoms with van der Waals surface area (Å²) in [5, 5.41) is 1.76. The second-order valence-corrected chi connectivity index (χ2v) is 6.88. The smallest absolute Gasteiger partial charge is 0.311 e. The highest BCUT2D eigenvalue weighted by atomic mass is 32.1. The first-order chi connectivity index (χ1) is 12.6. The molecule has 0 aromatic carbocycles. The van der Waals surface area contributed by atoms with E-state index in [-0.39, 0.29) is 24.5 Å². The summed E-state index contributed by atoms with van der Waals surface area (Å²) in [5.41, 5.74) is 0.172. The van der Waals surface area contributed by atoms with Crippen LogP contribution in [0.2, 0.25) is 0 Å². The normalized spacial score (nSPS) is 17.2. The molecule has 1 aliphatic heterocycles. The number of nitrogens with zero attached hydrogens (tertiary/aromatic N) is 3. The van der Waals surface area contributed by atoms with Gasteiger partial charge in [-0.3, -0.25) is 18.8 Å². The monoisotopic (exact) mass is 373 g/mol. The molecule has 0 bridgehead atoms. The summed E-state index contributed by atoms with van der Waals surface area (Å²) in [6.07, 6.45) is 3.30. The molecule has 26 heavy (non-hydrogen) atoms. The van der Waals surface area contributed by atoms with E-state index in [1.807, 2.05) is 0 Å². The summed E-state index contributed by atoms with van der Waals surface area (Å²) in [6, 6.07) is 4.88. The van der Waals surface area contributed by atoms with Gasteiger partial charge in [0, 0.05) is 30.6 Å². The Bertz CT molecular complexity index is 1010. The zero-order chi connectivity index (χ0) is 18.1. The molecule has 8 nitrogen and oxygen atoms in total. The largest absolute Gasteiger partial charge is 0.467 e. The number of ether oxygens (including phenoxy) is 1. The van der Waals surface area contributed by atoms with E-state index in [0.717, 1.165) is 0 Å². The van der Waals surface area contributed by atoms with Gasteiger partial charge in [-0.2, -0.15) is 0 Å². The van der Waals surface area contributed by atoms with Crippen molar-refractivity contribution in [2.24, 2.45) is 5.92 Å². The van der Waals surface area contributed by atoms with Gasteiger partial charge in [-0.05, 0) is 12.1 Å². The molecular formula is C17H15N3O5S. The van der Waals surface area contributed by atoms with Crippen LogP contribution in [0.5, 0.6) is 0 Å². The van der Waals surface area contributed by atoms with E-state index in [1.54, 1.807) is 34.9 Å². The Morgan fingerprint density at radius 3 is 3.12 bits per heavy atom. The fraction of sp³-hybridized carbons (Fsp3) is 0.294. The van der Waals surface area contributed by atoms with Crippen LogP contribution in [0.4, 0.5) is 0 Å².